The van der Waals surface area contributed by atoms with Crippen molar-refractivity contribution in [3.05, 3.63) is 0 Å². The summed E-state index contributed by atoms with van der Waals surface area (Å²) >= 11 is 0. The van der Waals surface area contributed by atoms with Gasteiger partial charge < -0.3 is 15.3 Å². The molecule has 1 aliphatic carbocycles. The molecule has 4 nitrogen and oxygen atoms in total. The number of likely N-dealkylation sites (N-methyl/N-ethyl adjacent to an activating group) is 1. The first kappa shape index (κ1) is 12.5. The van der Waals surface area contributed by atoms with Crippen LogP contribution >= 0.6 is 0 Å². The number of rotatable bonds is 6. The summed E-state index contributed by atoms with van der Waals surface area (Å²) in [7, 11) is 1.86. The molecule has 2 N–H and O–H groups in total. The zero-order chi connectivity index (χ0) is 11.4. The van der Waals surface area contributed by atoms with E-state index < -0.39 is 0 Å². The fourth-order valence-corrected chi connectivity index (χ4v) is 1.40. The molecular formula is C11H22N2O2. The molecule has 0 aliphatic heterocycles. The monoisotopic (exact) mass is 214 g/mol. The topological polar surface area (TPSA) is 52.6 Å². The van der Waals surface area contributed by atoms with Crippen molar-refractivity contribution < 1.29 is 9.90 Å². The first-order valence-electron chi connectivity index (χ1n) is 5.66. The highest BCUT2D eigenvalue weighted by molar-refractivity contribution is 5.78. The van der Waals surface area contributed by atoms with E-state index in [0.717, 1.165) is 12.8 Å². The maximum Gasteiger partial charge on any atom is 0.236 e. The van der Waals surface area contributed by atoms with E-state index in [1.807, 2.05) is 25.8 Å². The van der Waals surface area contributed by atoms with Crippen LogP contribution in [0.3, 0.4) is 0 Å². The predicted octanol–water partition coefficient (Wildman–Crippen LogP) is 0.214. The lowest BCUT2D eigenvalue weighted by atomic mass is 10.1. The molecule has 15 heavy (non-hydrogen) atoms. The van der Waals surface area contributed by atoms with Gasteiger partial charge in [0.05, 0.1) is 6.54 Å². The fraction of sp³-hybridized carbons (Fsp3) is 0.909. The second-order valence-corrected chi connectivity index (χ2v) is 4.57. The molecule has 0 aromatic heterocycles. The Morgan fingerprint density at radius 3 is 2.60 bits per heavy atom. The van der Waals surface area contributed by atoms with Crippen molar-refractivity contribution in [2.24, 2.45) is 5.92 Å². The van der Waals surface area contributed by atoms with E-state index in [2.05, 4.69) is 5.32 Å². The molecule has 0 radical (unpaired) electrons. The van der Waals surface area contributed by atoms with Crippen molar-refractivity contribution in [1.82, 2.24) is 10.2 Å². The third-order valence-corrected chi connectivity index (χ3v) is 3.20. The highest BCUT2D eigenvalue weighted by atomic mass is 16.3. The van der Waals surface area contributed by atoms with Gasteiger partial charge in [0.15, 0.2) is 0 Å². The van der Waals surface area contributed by atoms with Gasteiger partial charge >= 0.3 is 0 Å². The first-order chi connectivity index (χ1) is 7.06. The molecule has 0 saturated heterocycles. The molecule has 1 rings (SSSR count). The van der Waals surface area contributed by atoms with Gasteiger partial charge in [0, 0.05) is 25.7 Å². The maximum absolute atomic E-state index is 11.6. The van der Waals surface area contributed by atoms with Crippen molar-refractivity contribution in [3.8, 4) is 0 Å². The average molecular weight is 214 g/mol. The number of nitrogens with one attached hydrogen (secondary N) is 1. The minimum atomic E-state index is 0.148. The standard InChI is InChI=1S/C11H22N2O2/c1-8(7-14)9(2)12-6-11(15)13(3)10-4-5-10/h8-10,12,14H,4-7H2,1-3H3. The van der Waals surface area contributed by atoms with Gasteiger partial charge in [-0.3, -0.25) is 4.79 Å². The predicted molar refractivity (Wildman–Crippen MR) is 59.5 cm³/mol. The summed E-state index contributed by atoms with van der Waals surface area (Å²) < 4.78 is 0. The minimum Gasteiger partial charge on any atom is -0.396 e. The van der Waals surface area contributed by atoms with E-state index in [0.29, 0.717) is 12.6 Å². The number of nitrogens with zero attached hydrogens (tertiary/aromatic N) is 1. The molecule has 0 bridgehead atoms. The highest BCUT2D eigenvalue weighted by Gasteiger charge is 2.29. The third kappa shape index (κ3) is 3.80. The molecule has 1 saturated carbocycles. The van der Waals surface area contributed by atoms with Crippen LogP contribution in [0.25, 0.3) is 0 Å². The molecule has 1 fully saturated rings. The van der Waals surface area contributed by atoms with Gasteiger partial charge in [-0.2, -0.15) is 0 Å². The van der Waals surface area contributed by atoms with E-state index in [1.54, 1.807) is 0 Å². The van der Waals surface area contributed by atoms with Crippen molar-refractivity contribution >= 4 is 5.91 Å². The van der Waals surface area contributed by atoms with Gasteiger partial charge in [0.1, 0.15) is 0 Å². The van der Waals surface area contributed by atoms with Gasteiger partial charge in [0.2, 0.25) is 5.91 Å². The van der Waals surface area contributed by atoms with Crippen LogP contribution in [0.1, 0.15) is 26.7 Å². The molecule has 2 unspecified atom stereocenters. The van der Waals surface area contributed by atoms with E-state index >= 15 is 0 Å². The van der Waals surface area contributed by atoms with Crippen LogP contribution in [-0.2, 0) is 4.79 Å². The lowest BCUT2D eigenvalue weighted by molar-refractivity contribution is -0.129. The van der Waals surface area contributed by atoms with Crippen molar-refractivity contribution in [3.63, 3.8) is 0 Å². The van der Waals surface area contributed by atoms with Crippen LogP contribution < -0.4 is 5.32 Å². The second-order valence-electron chi connectivity index (χ2n) is 4.57. The summed E-state index contributed by atoms with van der Waals surface area (Å²) in [6.07, 6.45) is 2.29. The SMILES string of the molecule is CC(CO)C(C)NCC(=O)N(C)C1CC1. The van der Waals surface area contributed by atoms with Crippen LogP contribution in [0, 0.1) is 5.92 Å². The van der Waals surface area contributed by atoms with Crippen molar-refractivity contribution in [2.75, 3.05) is 20.2 Å². The Morgan fingerprint density at radius 1 is 1.53 bits per heavy atom. The van der Waals surface area contributed by atoms with Gasteiger partial charge in [0.25, 0.3) is 0 Å². The van der Waals surface area contributed by atoms with Crippen LogP contribution in [0.15, 0.2) is 0 Å². The highest BCUT2D eigenvalue weighted by Crippen LogP contribution is 2.25. The summed E-state index contributed by atoms with van der Waals surface area (Å²) in [4.78, 5) is 13.5. The third-order valence-electron chi connectivity index (χ3n) is 3.20. The molecule has 88 valence electrons. The normalized spacial score (nSPS) is 19.7. The Balaban J connectivity index is 2.20. The summed E-state index contributed by atoms with van der Waals surface area (Å²) in [5.74, 6) is 0.332. The Bertz CT molecular complexity index is 217. The fourth-order valence-electron chi connectivity index (χ4n) is 1.40. The summed E-state index contributed by atoms with van der Waals surface area (Å²) in [5, 5.41) is 12.1. The smallest absolute Gasteiger partial charge is 0.236 e. The number of carbonyl (C=O) groups excluding carboxylic acids is 1. The zero-order valence-electron chi connectivity index (χ0n) is 9.86. The van der Waals surface area contributed by atoms with Crippen LogP contribution in [0.2, 0.25) is 0 Å². The maximum atomic E-state index is 11.6. The Morgan fingerprint density at radius 2 is 2.13 bits per heavy atom. The molecule has 2 atom stereocenters. The Hall–Kier alpha value is -0.610. The summed E-state index contributed by atoms with van der Waals surface area (Å²) in [5.41, 5.74) is 0. The van der Waals surface area contributed by atoms with Crippen molar-refractivity contribution in [2.45, 2.75) is 38.8 Å². The minimum absolute atomic E-state index is 0.148. The number of aliphatic hydroxyl groups is 1. The molecule has 0 heterocycles. The van der Waals surface area contributed by atoms with Crippen LogP contribution in [0.5, 0.6) is 0 Å². The van der Waals surface area contributed by atoms with Gasteiger partial charge in [-0.15, -0.1) is 0 Å². The largest absolute Gasteiger partial charge is 0.396 e. The van der Waals surface area contributed by atoms with E-state index in [9.17, 15) is 4.79 Å². The number of aliphatic hydroxyl groups excluding tert-OH is 1. The molecule has 4 heteroatoms. The van der Waals surface area contributed by atoms with Crippen LogP contribution in [0.4, 0.5) is 0 Å². The number of hydrogen-bond donors (Lipinski definition) is 2. The molecule has 1 amide bonds. The summed E-state index contributed by atoms with van der Waals surface area (Å²) in [6.45, 7) is 4.48. The zero-order valence-corrected chi connectivity index (χ0v) is 9.86. The van der Waals surface area contributed by atoms with E-state index in [-0.39, 0.29) is 24.5 Å². The number of hydrogen-bond acceptors (Lipinski definition) is 3. The van der Waals surface area contributed by atoms with Crippen molar-refractivity contribution in [1.29, 1.82) is 0 Å². The Labute approximate surface area is 91.6 Å². The van der Waals surface area contributed by atoms with E-state index in [4.69, 9.17) is 5.11 Å². The molecule has 1 aliphatic rings. The number of amides is 1. The van der Waals surface area contributed by atoms with Gasteiger partial charge in [-0.1, -0.05) is 6.92 Å². The lowest BCUT2D eigenvalue weighted by Gasteiger charge is -2.21. The van der Waals surface area contributed by atoms with Gasteiger partial charge in [-0.05, 0) is 25.7 Å². The second kappa shape index (κ2) is 5.47. The summed E-state index contributed by atoms with van der Waals surface area (Å²) in [6, 6.07) is 0.649. The molecule has 0 aromatic carbocycles. The quantitative estimate of drug-likeness (QED) is 0.665. The number of carbonyl (C=O) groups is 1. The van der Waals surface area contributed by atoms with Gasteiger partial charge in [-0.25, -0.2) is 0 Å². The molecule has 0 spiro atoms. The lowest BCUT2D eigenvalue weighted by Crippen LogP contribution is -2.42. The molecular weight excluding hydrogens is 192 g/mol. The average Bonchev–Trinajstić information content (AvgIpc) is 3.06. The molecule has 0 aromatic rings. The van der Waals surface area contributed by atoms with Crippen LogP contribution in [-0.4, -0.2) is 48.2 Å². The van der Waals surface area contributed by atoms with E-state index in [1.165, 1.54) is 0 Å². The Kier molecular flexibility index (Phi) is 4.54. The first-order valence-corrected chi connectivity index (χ1v) is 5.66.